The van der Waals surface area contributed by atoms with E-state index in [1.807, 2.05) is 0 Å². The zero-order valence-corrected chi connectivity index (χ0v) is 13.0. The van der Waals surface area contributed by atoms with Crippen LogP contribution in [0.1, 0.15) is 6.92 Å². The summed E-state index contributed by atoms with van der Waals surface area (Å²) in [5.74, 6) is -0.745. The lowest BCUT2D eigenvalue weighted by atomic mass is 9.85. The maximum atomic E-state index is 10.5. The van der Waals surface area contributed by atoms with Crippen molar-refractivity contribution >= 4 is 0 Å². The van der Waals surface area contributed by atoms with Gasteiger partial charge in [0.25, 0.3) is 0 Å². The van der Waals surface area contributed by atoms with E-state index in [4.69, 9.17) is 14.2 Å². The first kappa shape index (κ1) is 17.8. The number of rotatable bonds is 3. The Bertz CT molecular complexity index is 529. The van der Waals surface area contributed by atoms with Crippen LogP contribution in [0, 0.1) is 5.92 Å². The average Bonchev–Trinajstić information content (AvgIpc) is 2.78. The summed E-state index contributed by atoms with van der Waals surface area (Å²) >= 11 is 0. The van der Waals surface area contributed by atoms with Crippen LogP contribution in [0.3, 0.4) is 0 Å². The number of ether oxygens (including phenoxy) is 3. The summed E-state index contributed by atoms with van der Waals surface area (Å²) in [7, 11) is 0. The van der Waals surface area contributed by atoms with E-state index in [1.165, 1.54) is 19.3 Å². The van der Waals surface area contributed by atoms with Gasteiger partial charge >= 0.3 is 0 Å². The molecule has 0 saturated carbocycles. The third-order valence-electron chi connectivity index (χ3n) is 4.80. The average molecular weight is 346 g/mol. The Labute approximate surface area is 138 Å². The monoisotopic (exact) mass is 346 g/mol. The Hall–Kier alpha value is -1.04. The normalized spacial score (nSPS) is 51.0. The van der Waals surface area contributed by atoms with Crippen LogP contribution in [0.2, 0.25) is 0 Å². The van der Waals surface area contributed by atoms with Gasteiger partial charge in [0.1, 0.15) is 36.1 Å². The summed E-state index contributed by atoms with van der Waals surface area (Å²) in [6.45, 7) is 0.846. The van der Waals surface area contributed by atoms with Crippen molar-refractivity contribution in [2.24, 2.45) is 5.92 Å². The minimum absolute atomic E-state index is 0.582. The van der Waals surface area contributed by atoms with Gasteiger partial charge in [-0.25, -0.2) is 0 Å². The fraction of sp³-hybridized carbons (Fsp3) is 0.733. The van der Waals surface area contributed by atoms with Crippen LogP contribution in [-0.4, -0.2) is 85.9 Å². The van der Waals surface area contributed by atoms with Crippen molar-refractivity contribution < 1.29 is 44.8 Å². The van der Waals surface area contributed by atoms with Gasteiger partial charge in [-0.15, -0.1) is 0 Å². The highest BCUT2D eigenvalue weighted by molar-refractivity contribution is 5.35. The van der Waals surface area contributed by atoms with Gasteiger partial charge in [0.2, 0.25) is 6.29 Å². The van der Waals surface area contributed by atoms with Crippen LogP contribution < -0.4 is 0 Å². The SMILES string of the molecule is CC1(O)C(O)C=C2C=COC(OC3OC(CO)C(O)C(O)C3O)C21. The van der Waals surface area contributed by atoms with Crippen molar-refractivity contribution in [2.75, 3.05) is 6.61 Å². The Morgan fingerprint density at radius 2 is 1.83 bits per heavy atom. The summed E-state index contributed by atoms with van der Waals surface area (Å²) < 4.78 is 16.2. The van der Waals surface area contributed by atoms with Crippen LogP contribution in [-0.2, 0) is 14.2 Å². The summed E-state index contributed by atoms with van der Waals surface area (Å²) in [6, 6.07) is 0. The molecule has 9 unspecified atom stereocenters. The molecule has 3 rings (SSSR count). The molecule has 2 heterocycles. The van der Waals surface area contributed by atoms with Crippen molar-refractivity contribution in [1.82, 2.24) is 0 Å². The molecular weight excluding hydrogens is 324 g/mol. The van der Waals surface area contributed by atoms with Gasteiger partial charge in [0.05, 0.1) is 18.8 Å². The van der Waals surface area contributed by atoms with Crippen LogP contribution in [0.5, 0.6) is 0 Å². The molecule has 9 nitrogen and oxygen atoms in total. The molecule has 24 heavy (non-hydrogen) atoms. The fourth-order valence-corrected chi connectivity index (χ4v) is 3.26. The van der Waals surface area contributed by atoms with E-state index < -0.39 is 61.2 Å². The standard InChI is InChI=1S/C15H22O9/c1-15(21)8(17)4-6-2-3-22-13(9(6)15)24-14-12(20)11(19)10(18)7(5-16)23-14/h2-4,7-14,16-21H,5H2,1H3. The van der Waals surface area contributed by atoms with Gasteiger partial charge in [-0.3, -0.25) is 0 Å². The Morgan fingerprint density at radius 1 is 1.12 bits per heavy atom. The minimum Gasteiger partial charge on any atom is -0.472 e. The van der Waals surface area contributed by atoms with E-state index in [1.54, 1.807) is 6.08 Å². The van der Waals surface area contributed by atoms with E-state index in [2.05, 4.69) is 0 Å². The second kappa shape index (κ2) is 6.36. The van der Waals surface area contributed by atoms with Gasteiger partial charge in [-0.2, -0.15) is 0 Å². The Kier molecular flexibility index (Phi) is 4.71. The van der Waals surface area contributed by atoms with Gasteiger partial charge in [0, 0.05) is 0 Å². The molecule has 0 radical (unpaired) electrons. The number of aliphatic hydroxyl groups is 6. The maximum absolute atomic E-state index is 10.5. The van der Waals surface area contributed by atoms with E-state index >= 15 is 0 Å². The van der Waals surface area contributed by atoms with E-state index in [-0.39, 0.29) is 0 Å². The quantitative estimate of drug-likeness (QED) is 0.322. The first-order valence-electron chi connectivity index (χ1n) is 7.67. The molecular formula is C15H22O9. The zero-order chi connectivity index (χ0) is 17.6. The van der Waals surface area contributed by atoms with Gasteiger partial charge in [-0.05, 0) is 24.6 Å². The largest absolute Gasteiger partial charge is 0.472 e. The van der Waals surface area contributed by atoms with Gasteiger partial charge in [0.15, 0.2) is 6.29 Å². The molecule has 0 bridgehead atoms. The molecule has 1 aliphatic carbocycles. The maximum Gasteiger partial charge on any atom is 0.211 e. The first-order chi connectivity index (χ1) is 11.3. The topological polar surface area (TPSA) is 149 Å². The highest BCUT2D eigenvalue weighted by Crippen LogP contribution is 2.43. The molecule has 9 atom stereocenters. The fourth-order valence-electron chi connectivity index (χ4n) is 3.26. The molecule has 1 saturated heterocycles. The van der Waals surface area contributed by atoms with E-state index in [0.717, 1.165) is 0 Å². The lowest BCUT2D eigenvalue weighted by molar-refractivity contribution is -0.343. The van der Waals surface area contributed by atoms with Crippen molar-refractivity contribution in [1.29, 1.82) is 0 Å². The van der Waals surface area contributed by atoms with Crippen molar-refractivity contribution in [3.63, 3.8) is 0 Å². The van der Waals surface area contributed by atoms with Crippen LogP contribution in [0.25, 0.3) is 0 Å². The molecule has 0 amide bonds. The summed E-state index contributed by atoms with van der Waals surface area (Å²) in [5, 5.41) is 59.3. The van der Waals surface area contributed by atoms with Crippen molar-refractivity contribution in [2.45, 2.75) is 55.6 Å². The molecule has 136 valence electrons. The highest BCUT2D eigenvalue weighted by atomic mass is 16.8. The third-order valence-corrected chi connectivity index (χ3v) is 4.80. The molecule has 0 aromatic rings. The number of aliphatic hydroxyl groups excluding tert-OH is 5. The number of fused-ring (bicyclic) bond motifs is 1. The van der Waals surface area contributed by atoms with Crippen LogP contribution >= 0.6 is 0 Å². The van der Waals surface area contributed by atoms with Gasteiger partial charge < -0.3 is 44.8 Å². The summed E-state index contributed by atoms with van der Waals surface area (Å²) in [6.07, 6.45) is -5.00. The highest BCUT2D eigenvalue weighted by Gasteiger charge is 2.53. The smallest absolute Gasteiger partial charge is 0.211 e. The number of allylic oxidation sites excluding steroid dienone is 1. The van der Waals surface area contributed by atoms with Crippen LogP contribution in [0.4, 0.5) is 0 Å². The third kappa shape index (κ3) is 2.76. The second-order valence-corrected chi connectivity index (χ2v) is 6.46. The van der Waals surface area contributed by atoms with Crippen molar-refractivity contribution in [3.8, 4) is 0 Å². The molecule has 0 aromatic carbocycles. The van der Waals surface area contributed by atoms with Gasteiger partial charge in [-0.1, -0.05) is 0 Å². The molecule has 1 fully saturated rings. The lowest BCUT2D eigenvalue weighted by Gasteiger charge is -2.43. The minimum atomic E-state index is -1.58. The number of hydrogen-bond acceptors (Lipinski definition) is 9. The van der Waals surface area contributed by atoms with E-state index in [0.29, 0.717) is 5.57 Å². The molecule has 0 spiro atoms. The molecule has 6 N–H and O–H groups in total. The molecule has 2 aliphatic heterocycles. The lowest BCUT2D eigenvalue weighted by Crippen LogP contribution is -2.60. The second-order valence-electron chi connectivity index (χ2n) is 6.46. The number of hydrogen-bond donors (Lipinski definition) is 6. The summed E-state index contributed by atoms with van der Waals surface area (Å²) in [4.78, 5) is 0. The summed E-state index contributed by atoms with van der Waals surface area (Å²) in [5.41, 5.74) is -0.952. The predicted molar refractivity (Wildman–Crippen MR) is 77.1 cm³/mol. The molecule has 0 aromatic heterocycles. The Balaban J connectivity index is 1.78. The molecule has 9 heteroatoms. The predicted octanol–water partition coefficient (Wildman–Crippen LogP) is -2.66. The van der Waals surface area contributed by atoms with Crippen molar-refractivity contribution in [3.05, 3.63) is 24.0 Å². The van der Waals surface area contributed by atoms with E-state index in [9.17, 15) is 30.6 Å². The van der Waals surface area contributed by atoms with Crippen LogP contribution in [0.15, 0.2) is 24.0 Å². The Morgan fingerprint density at radius 3 is 2.50 bits per heavy atom. The zero-order valence-electron chi connectivity index (χ0n) is 13.0. The molecule has 3 aliphatic rings. The first-order valence-corrected chi connectivity index (χ1v) is 7.67.